The van der Waals surface area contributed by atoms with Crippen molar-refractivity contribution >= 4 is 36.7 Å². The number of imidazole rings is 1. The lowest BCUT2D eigenvalue weighted by molar-refractivity contribution is -0.148. The number of aliphatic hydroxyl groups is 1. The monoisotopic (exact) mass is 675 g/mol. The summed E-state index contributed by atoms with van der Waals surface area (Å²) < 4.78 is 58.5. The van der Waals surface area contributed by atoms with Crippen LogP contribution in [-0.4, -0.2) is 93.5 Å². The first kappa shape index (κ1) is 37.5. The van der Waals surface area contributed by atoms with Crippen molar-refractivity contribution in [1.82, 2.24) is 29.7 Å². The van der Waals surface area contributed by atoms with Crippen molar-refractivity contribution in [2.24, 2.45) is 10.8 Å². The van der Waals surface area contributed by atoms with Crippen molar-refractivity contribution < 1.29 is 47.1 Å². The van der Waals surface area contributed by atoms with Gasteiger partial charge in [0.05, 0.1) is 33.3 Å². The lowest BCUT2D eigenvalue weighted by Crippen LogP contribution is -2.44. The molecule has 0 bridgehead atoms. The number of carbonyl (C=O) groups is 2. The van der Waals surface area contributed by atoms with Gasteiger partial charge >= 0.3 is 19.6 Å². The van der Waals surface area contributed by atoms with Crippen LogP contribution in [0.3, 0.4) is 0 Å². The fourth-order valence-corrected chi connectivity index (χ4v) is 6.12. The Hall–Kier alpha value is -2.95. The number of fused-ring (bicyclic) bond motifs is 1. The summed E-state index contributed by atoms with van der Waals surface area (Å²) in [6, 6.07) is -2.34. The number of halogens is 1. The van der Waals surface area contributed by atoms with Gasteiger partial charge in [-0.05, 0) is 31.6 Å². The number of methoxy groups -OCH3 is 1. The second-order valence-electron chi connectivity index (χ2n) is 14.0. The lowest BCUT2D eigenvalue weighted by atomic mass is 9.98. The molecule has 1 aliphatic rings. The Labute approximate surface area is 267 Å². The Morgan fingerprint density at radius 1 is 1.11 bits per heavy atom. The maximum atomic E-state index is 15.8. The number of nitrogens with zero attached hydrogens (tertiary/aromatic N) is 4. The second-order valence-corrected chi connectivity index (χ2v) is 15.8. The summed E-state index contributed by atoms with van der Waals surface area (Å²) in [6.45, 7) is 14.8. The molecule has 260 valence electrons. The van der Waals surface area contributed by atoms with Gasteiger partial charge in [-0.2, -0.15) is 9.97 Å². The highest BCUT2D eigenvalue weighted by Crippen LogP contribution is 2.45. The zero-order chi connectivity index (χ0) is 34.8. The molecule has 1 saturated heterocycles. The number of anilines is 1. The number of nitrogen functional groups attached to an aromatic ring is 1. The normalized spacial score (nSPS) is 24.7. The summed E-state index contributed by atoms with van der Waals surface area (Å²) in [4.78, 5) is 37.7. The first-order valence-electron chi connectivity index (χ1n) is 14.8. The molecule has 0 saturated carbocycles. The van der Waals surface area contributed by atoms with Crippen LogP contribution in [0.1, 0.15) is 68.5 Å². The van der Waals surface area contributed by atoms with E-state index in [1.165, 1.54) is 38.8 Å². The van der Waals surface area contributed by atoms with Gasteiger partial charge in [0, 0.05) is 0 Å². The molecule has 2 aromatic heterocycles. The van der Waals surface area contributed by atoms with Crippen molar-refractivity contribution in [3.05, 3.63) is 6.33 Å². The van der Waals surface area contributed by atoms with Crippen LogP contribution < -0.4 is 20.6 Å². The van der Waals surface area contributed by atoms with Crippen molar-refractivity contribution in [3.8, 4) is 5.88 Å². The largest absolute Gasteiger partial charge is 0.479 e. The Morgan fingerprint density at radius 3 is 2.11 bits per heavy atom. The average molecular weight is 676 g/mol. The number of alkyl halides is 1. The minimum Gasteiger partial charge on any atom is -0.479 e. The molecule has 2 aromatic rings. The number of ether oxygens (including phenoxy) is 4. The van der Waals surface area contributed by atoms with Crippen LogP contribution in [0.25, 0.3) is 11.2 Å². The zero-order valence-corrected chi connectivity index (χ0v) is 28.9. The topological polar surface area (TPSA) is 211 Å². The predicted octanol–water partition coefficient (Wildman–Crippen LogP) is 2.66. The van der Waals surface area contributed by atoms with E-state index in [1.54, 1.807) is 0 Å². The SMILES string of the molecule is COc1nc(N)nc2c1ncn2C1OC(COP(=O)(NC(C)C(=O)OCC(C)(C)C)NC(C)C(=O)OCC(C)(C)C)C(F)C1(C)O. The zero-order valence-electron chi connectivity index (χ0n) is 28.0. The van der Waals surface area contributed by atoms with Gasteiger partial charge in [0.2, 0.25) is 11.8 Å². The van der Waals surface area contributed by atoms with Crippen LogP contribution in [0.4, 0.5) is 10.3 Å². The summed E-state index contributed by atoms with van der Waals surface area (Å²) in [6.07, 6.45) is -3.65. The van der Waals surface area contributed by atoms with Gasteiger partial charge in [0.1, 0.15) is 23.8 Å². The number of nitrogens with two attached hydrogens (primary N) is 1. The number of rotatable bonds is 13. The van der Waals surface area contributed by atoms with E-state index in [1.807, 2.05) is 41.5 Å². The molecule has 5 N–H and O–H groups in total. The van der Waals surface area contributed by atoms with Crippen molar-refractivity contribution in [1.29, 1.82) is 0 Å². The molecule has 0 aromatic carbocycles. The van der Waals surface area contributed by atoms with Crippen LogP contribution in [0.5, 0.6) is 5.88 Å². The van der Waals surface area contributed by atoms with Crippen molar-refractivity contribution in [2.75, 3.05) is 32.7 Å². The number of aromatic nitrogens is 4. The van der Waals surface area contributed by atoms with Gasteiger partial charge in [0.25, 0.3) is 0 Å². The molecular formula is C28H47FN7O9P. The minimum absolute atomic E-state index is 0.0685. The summed E-state index contributed by atoms with van der Waals surface area (Å²) >= 11 is 0. The van der Waals surface area contributed by atoms with E-state index in [-0.39, 0.29) is 47.0 Å². The van der Waals surface area contributed by atoms with Crippen LogP contribution in [0.2, 0.25) is 0 Å². The summed E-state index contributed by atoms with van der Waals surface area (Å²) in [5.41, 5.74) is 3.31. The summed E-state index contributed by atoms with van der Waals surface area (Å²) in [5, 5.41) is 16.3. The van der Waals surface area contributed by atoms with E-state index in [0.29, 0.717) is 0 Å². The molecule has 46 heavy (non-hydrogen) atoms. The molecule has 3 heterocycles. The van der Waals surface area contributed by atoms with Gasteiger partial charge < -0.3 is 34.3 Å². The summed E-state index contributed by atoms with van der Waals surface area (Å²) in [7, 11) is -2.96. The molecule has 0 radical (unpaired) electrons. The summed E-state index contributed by atoms with van der Waals surface area (Å²) in [5.74, 6) is -1.53. The molecule has 6 unspecified atom stereocenters. The van der Waals surface area contributed by atoms with E-state index in [2.05, 4.69) is 25.1 Å². The molecule has 3 rings (SSSR count). The molecule has 1 aliphatic heterocycles. The standard InChI is InChI=1S/C28H47FN7O9P/c1-15(22(37)42-12-26(3,4)5)34-46(40,35-16(2)23(38)43-13-27(6,7)8)44-11-17-19(29)28(9,39)24(45-17)36-14-31-18-20(36)32-25(30)33-21(18)41-10/h14-17,19,24,39H,11-13H2,1-10H3,(H2,30,32,33)(H2,34,35,40). The first-order chi connectivity index (χ1) is 21.1. The minimum atomic E-state index is -4.33. The van der Waals surface area contributed by atoms with Gasteiger partial charge in [-0.15, -0.1) is 0 Å². The fourth-order valence-electron chi connectivity index (χ4n) is 4.31. The Bertz CT molecular complexity index is 1400. The third-order valence-corrected chi connectivity index (χ3v) is 8.66. The maximum absolute atomic E-state index is 15.8. The highest BCUT2D eigenvalue weighted by molar-refractivity contribution is 7.54. The van der Waals surface area contributed by atoms with Crippen molar-refractivity contribution in [2.45, 2.75) is 98.5 Å². The van der Waals surface area contributed by atoms with Crippen molar-refractivity contribution in [3.63, 3.8) is 0 Å². The maximum Gasteiger partial charge on any atom is 0.342 e. The average Bonchev–Trinajstić information content (AvgIpc) is 3.44. The van der Waals surface area contributed by atoms with Gasteiger partial charge in [0.15, 0.2) is 23.6 Å². The molecule has 16 nitrogen and oxygen atoms in total. The quantitative estimate of drug-likeness (QED) is 0.178. The van der Waals surface area contributed by atoms with Gasteiger partial charge in [-0.3, -0.25) is 18.7 Å². The number of nitrogens with one attached hydrogen (secondary N) is 2. The van der Waals surface area contributed by atoms with Gasteiger partial charge in [-0.1, -0.05) is 41.5 Å². The van der Waals surface area contributed by atoms with Crippen LogP contribution in [-0.2, 0) is 32.9 Å². The fraction of sp³-hybridized carbons (Fsp3) is 0.750. The van der Waals surface area contributed by atoms with E-state index < -0.39 is 62.4 Å². The van der Waals surface area contributed by atoms with E-state index >= 15 is 4.39 Å². The lowest BCUT2D eigenvalue weighted by Gasteiger charge is -2.28. The van der Waals surface area contributed by atoms with E-state index in [0.717, 1.165) is 0 Å². The second kappa shape index (κ2) is 14.0. The molecule has 0 aliphatic carbocycles. The third-order valence-electron chi connectivity index (χ3n) is 6.69. The highest BCUT2D eigenvalue weighted by atomic mass is 31.2. The van der Waals surface area contributed by atoms with E-state index in [4.69, 9.17) is 29.2 Å². The molecule has 18 heteroatoms. The van der Waals surface area contributed by atoms with Crippen LogP contribution in [0, 0.1) is 10.8 Å². The predicted molar refractivity (Wildman–Crippen MR) is 165 cm³/mol. The number of carbonyl (C=O) groups excluding carboxylic acids is 2. The third kappa shape index (κ3) is 9.32. The number of hydrogen-bond acceptors (Lipinski definition) is 13. The number of esters is 2. The van der Waals surface area contributed by atoms with Gasteiger partial charge in [-0.25, -0.2) is 19.5 Å². The molecule has 0 amide bonds. The Kier molecular flexibility index (Phi) is 11.4. The first-order valence-corrected chi connectivity index (χ1v) is 16.4. The molecule has 6 atom stereocenters. The Balaban J connectivity index is 1.83. The highest BCUT2D eigenvalue weighted by Gasteiger charge is 2.55. The number of hydrogen-bond donors (Lipinski definition) is 4. The molecule has 0 spiro atoms. The van der Waals surface area contributed by atoms with E-state index in [9.17, 15) is 19.3 Å². The van der Waals surface area contributed by atoms with Crippen LogP contribution >= 0.6 is 7.67 Å². The smallest absolute Gasteiger partial charge is 0.342 e. The van der Waals surface area contributed by atoms with Crippen LogP contribution in [0.15, 0.2) is 6.33 Å². The molecular weight excluding hydrogens is 628 g/mol. The Morgan fingerprint density at radius 2 is 1.63 bits per heavy atom. The molecule has 1 fully saturated rings.